The van der Waals surface area contributed by atoms with Crippen LogP contribution in [-0.2, 0) is 9.59 Å². The molecule has 1 aliphatic rings. The van der Waals surface area contributed by atoms with E-state index in [9.17, 15) is 9.59 Å². The first-order chi connectivity index (χ1) is 13.4. The van der Waals surface area contributed by atoms with E-state index in [0.717, 1.165) is 41.8 Å². The fourth-order valence-electron chi connectivity index (χ4n) is 3.70. The Morgan fingerprint density at radius 3 is 2.50 bits per heavy atom. The molecule has 0 spiro atoms. The van der Waals surface area contributed by atoms with Crippen molar-refractivity contribution in [2.45, 2.75) is 33.6 Å². The summed E-state index contributed by atoms with van der Waals surface area (Å²) in [6, 6.07) is 5.83. The third-order valence-corrected chi connectivity index (χ3v) is 4.99. The molecule has 0 aliphatic carbocycles. The smallest absolute Gasteiger partial charge is 0.243 e. The van der Waals surface area contributed by atoms with Gasteiger partial charge in [0.25, 0.3) is 0 Å². The van der Waals surface area contributed by atoms with Crippen molar-refractivity contribution in [2.75, 3.05) is 29.9 Å². The van der Waals surface area contributed by atoms with Crippen LogP contribution in [0.3, 0.4) is 0 Å². The van der Waals surface area contributed by atoms with Crippen LogP contribution in [0.5, 0.6) is 0 Å². The summed E-state index contributed by atoms with van der Waals surface area (Å²) in [5.41, 5.74) is 4.01. The summed E-state index contributed by atoms with van der Waals surface area (Å²) in [6.45, 7) is 7.32. The minimum atomic E-state index is -0.220. The van der Waals surface area contributed by atoms with Crippen molar-refractivity contribution in [1.29, 1.82) is 0 Å². The van der Waals surface area contributed by atoms with Crippen LogP contribution >= 0.6 is 0 Å². The lowest BCUT2D eigenvalue weighted by molar-refractivity contribution is -0.127. The van der Waals surface area contributed by atoms with Gasteiger partial charge in [-0.15, -0.1) is 0 Å². The van der Waals surface area contributed by atoms with Gasteiger partial charge in [0, 0.05) is 31.2 Å². The Morgan fingerprint density at radius 2 is 1.82 bits per heavy atom. The number of carbonyl (C=O) groups excluding carboxylic acids is 2. The molecule has 7 heteroatoms. The van der Waals surface area contributed by atoms with Gasteiger partial charge in [-0.2, -0.15) is 0 Å². The zero-order valence-electron chi connectivity index (χ0n) is 16.7. The predicted octanol–water partition coefficient (Wildman–Crippen LogP) is 2.37. The predicted molar refractivity (Wildman–Crippen MR) is 109 cm³/mol. The summed E-state index contributed by atoms with van der Waals surface area (Å²) < 4.78 is 0. The first-order valence-electron chi connectivity index (χ1n) is 9.61. The molecule has 7 nitrogen and oxygen atoms in total. The number of hydrogen-bond donors (Lipinski definition) is 2. The second kappa shape index (κ2) is 8.82. The van der Waals surface area contributed by atoms with Crippen molar-refractivity contribution in [3.8, 4) is 0 Å². The Bertz CT molecular complexity index is 830. The van der Waals surface area contributed by atoms with Crippen LogP contribution in [-0.4, -0.2) is 41.4 Å². The highest BCUT2D eigenvalue weighted by Crippen LogP contribution is 2.22. The van der Waals surface area contributed by atoms with Gasteiger partial charge in [0.2, 0.25) is 17.8 Å². The molecule has 0 saturated carbocycles. The molecule has 1 atom stereocenters. The molecule has 1 aromatic heterocycles. The SMILES string of the molecule is Cc1cc(C)c(NC(=O)CNC(=O)C2CCCN(c3ncccn3)C2)c(C)c1. The normalized spacial score (nSPS) is 16.5. The van der Waals surface area contributed by atoms with E-state index in [0.29, 0.717) is 12.5 Å². The van der Waals surface area contributed by atoms with Gasteiger partial charge in [0.15, 0.2) is 0 Å². The molecule has 1 aliphatic heterocycles. The van der Waals surface area contributed by atoms with Gasteiger partial charge in [-0.3, -0.25) is 9.59 Å². The van der Waals surface area contributed by atoms with Gasteiger partial charge < -0.3 is 15.5 Å². The molecular formula is C21H27N5O2. The van der Waals surface area contributed by atoms with Gasteiger partial charge >= 0.3 is 0 Å². The van der Waals surface area contributed by atoms with Crippen LogP contribution < -0.4 is 15.5 Å². The maximum Gasteiger partial charge on any atom is 0.243 e. The van der Waals surface area contributed by atoms with E-state index >= 15 is 0 Å². The van der Waals surface area contributed by atoms with Gasteiger partial charge in [0.1, 0.15) is 0 Å². The number of piperidine rings is 1. The average Bonchev–Trinajstić information content (AvgIpc) is 2.69. The molecule has 1 aromatic carbocycles. The highest BCUT2D eigenvalue weighted by Gasteiger charge is 2.27. The minimum absolute atomic E-state index is 0.0378. The number of carbonyl (C=O) groups is 2. The number of nitrogens with one attached hydrogen (secondary N) is 2. The molecule has 1 unspecified atom stereocenters. The van der Waals surface area contributed by atoms with Crippen molar-refractivity contribution in [2.24, 2.45) is 5.92 Å². The molecule has 28 heavy (non-hydrogen) atoms. The lowest BCUT2D eigenvalue weighted by atomic mass is 9.97. The van der Waals surface area contributed by atoms with Gasteiger partial charge in [-0.05, 0) is 50.8 Å². The van der Waals surface area contributed by atoms with E-state index in [4.69, 9.17) is 0 Å². The zero-order valence-corrected chi connectivity index (χ0v) is 16.7. The first-order valence-corrected chi connectivity index (χ1v) is 9.61. The topological polar surface area (TPSA) is 87.2 Å². The van der Waals surface area contributed by atoms with E-state index in [-0.39, 0.29) is 24.3 Å². The number of amides is 2. The third kappa shape index (κ3) is 4.85. The van der Waals surface area contributed by atoms with E-state index in [1.54, 1.807) is 18.5 Å². The quantitative estimate of drug-likeness (QED) is 0.830. The maximum atomic E-state index is 12.6. The molecule has 0 bridgehead atoms. The van der Waals surface area contributed by atoms with Gasteiger partial charge in [-0.1, -0.05) is 17.7 Å². The molecule has 3 rings (SSSR count). The number of hydrogen-bond acceptors (Lipinski definition) is 5. The maximum absolute atomic E-state index is 12.6. The lowest BCUT2D eigenvalue weighted by Crippen LogP contribution is -2.45. The second-order valence-electron chi connectivity index (χ2n) is 7.37. The highest BCUT2D eigenvalue weighted by atomic mass is 16.2. The minimum Gasteiger partial charge on any atom is -0.347 e. The van der Waals surface area contributed by atoms with Crippen molar-refractivity contribution < 1.29 is 9.59 Å². The molecule has 2 heterocycles. The summed E-state index contributed by atoms with van der Waals surface area (Å²) >= 11 is 0. The second-order valence-corrected chi connectivity index (χ2v) is 7.37. The van der Waals surface area contributed by atoms with Crippen LogP contribution in [0, 0.1) is 26.7 Å². The standard InChI is InChI=1S/C21H27N5O2/c1-14-10-15(2)19(16(3)11-14)25-18(27)12-24-20(28)17-6-4-9-26(13-17)21-22-7-5-8-23-21/h5,7-8,10-11,17H,4,6,9,12-13H2,1-3H3,(H,24,28)(H,25,27). The molecule has 0 radical (unpaired) electrons. The van der Waals surface area contributed by atoms with Gasteiger partial charge in [-0.25, -0.2) is 9.97 Å². The lowest BCUT2D eigenvalue weighted by Gasteiger charge is -2.31. The summed E-state index contributed by atoms with van der Waals surface area (Å²) in [5, 5.41) is 5.69. The number of benzene rings is 1. The third-order valence-electron chi connectivity index (χ3n) is 4.99. The number of aromatic nitrogens is 2. The van der Waals surface area contributed by atoms with Crippen molar-refractivity contribution >= 4 is 23.5 Å². The number of rotatable bonds is 5. The fraction of sp³-hybridized carbons (Fsp3) is 0.429. The Labute approximate surface area is 165 Å². The Hall–Kier alpha value is -2.96. The van der Waals surface area contributed by atoms with Crippen LogP contribution in [0.1, 0.15) is 29.5 Å². The van der Waals surface area contributed by atoms with E-state index in [1.807, 2.05) is 37.8 Å². The van der Waals surface area contributed by atoms with Crippen molar-refractivity contribution in [1.82, 2.24) is 15.3 Å². The van der Waals surface area contributed by atoms with Crippen LogP contribution in [0.15, 0.2) is 30.6 Å². The summed E-state index contributed by atoms with van der Waals surface area (Å²) in [4.78, 5) is 35.4. The monoisotopic (exact) mass is 381 g/mol. The molecule has 2 N–H and O–H groups in total. The molecule has 1 saturated heterocycles. The largest absolute Gasteiger partial charge is 0.347 e. The van der Waals surface area contributed by atoms with Gasteiger partial charge in [0.05, 0.1) is 12.5 Å². The fourth-order valence-corrected chi connectivity index (χ4v) is 3.70. The Kier molecular flexibility index (Phi) is 6.23. The molecule has 148 valence electrons. The average molecular weight is 381 g/mol. The van der Waals surface area contributed by atoms with Crippen LogP contribution in [0.4, 0.5) is 11.6 Å². The Balaban J connectivity index is 1.53. The van der Waals surface area contributed by atoms with Crippen molar-refractivity contribution in [3.05, 3.63) is 47.3 Å². The summed E-state index contributed by atoms with van der Waals surface area (Å²) in [6.07, 6.45) is 5.09. The van der Waals surface area contributed by atoms with Crippen LogP contribution in [0.25, 0.3) is 0 Å². The summed E-state index contributed by atoms with van der Waals surface area (Å²) in [5.74, 6) is 0.145. The number of anilines is 2. The number of nitrogens with zero attached hydrogens (tertiary/aromatic N) is 3. The molecule has 2 amide bonds. The summed E-state index contributed by atoms with van der Waals surface area (Å²) in [7, 11) is 0. The van der Waals surface area contributed by atoms with E-state index < -0.39 is 0 Å². The molecule has 2 aromatic rings. The zero-order chi connectivity index (χ0) is 20.1. The van der Waals surface area contributed by atoms with E-state index in [1.165, 1.54) is 0 Å². The van der Waals surface area contributed by atoms with Crippen molar-refractivity contribution in [3.63, 3.8) is 0 Å². The highest BCUT2D eigenvalue weighted by molar-refractivity contribution is 5.96. The molecular weight excluding hydrogens is 354 g/mol. The molecule has 1 fully saturated rings. The van der Waals surface area contributed by atoms with Crippen LogP contribution in [0.2, 0.25) is 0 Å². The number of aryl methyl sites for hydroxylation is 3. The van der Waals surface area contributed by atoms with E-state index in [2.05, 4.69) is 20.6 Å². The first kappa shape index (κ1) is 19.8. The Morgan fingerprint density at radius 1 is 1.14 bits per heavy atom.